The highest BCUT2D eigenvalue weighted by atomic mass is 35.5. The third-order valence-corrected chi connectivity index (χ3v) is 6.97. The highest BCUT2D eigenvalue weighted by Gasteiger charge is 2.34. The molecule has 1 atom stereocenters. The average Bonchev–Trinajstić information content (AvgIpc) is 2.95. The van der Waals surface area contributed by atoms with E-state index in [-0.39, 0.29) is 6.61 Å². The molecule has 5 heteroatoms. The van der Waals surface area contributed by atoms with Gasteiger partial charge in [-0.05, 0) is 78.4 Å². The summed E-state index contributed by atoms with van der Waals surface area (Å²) in [6.07, 6.45) is 4.11. The van der Waals surface area contributed by atoms with Crippen LogP contribution in [0.3, 0.4) is 0 Å². The van der Waals surface area contributed by atoms with Crippen molar-refractivity contribution in [2.24, 2.45) is 0 Å². The normalized spacial score (nSPS) is 13.4. The maximum absolute atomic E-state index is 12.5. The second-order valence-electron chi connectivity index (χ2n) is 10.8. The number of ether oxygens (including phenoxy) is 1. The van der Waals surface area contributed by atoms with E-state index in [0.29, 0.717) is 27.6 Å². The molecule has 2 N–H and O–H groups in total. The van der Waals surface area contributed by atoms with Crippen LogP contribution in [0.1, 0.15) is 54.2 Å². The predicted octanol–water partition coefficient (Wildman–Crippen LogP) is 8.01. The van der Waals surface area contributed by atoms with Crippen molar-refractivity contribution in [3.8, 4) is 5.88 Å². The number of aromatic nitrogens is 1. The summed E-state index contributed by atoms with van der Waals surface area (Å²) in [6, 6.07) is 32.4. The number of aliphatic hydroxyl groups is 2. The first-order valence-corrected chi connectivity index (χ1v) is 13.6. The van der Waals surface area contributed by atoms with Gasteiger partial charge in [-0.3, -0.25) is 0 Å². The van der Waals surface area contributed by atoms with Crippen LogP contribution in [0.5, 0.6) is 5.88 Å². The first kappa shape index (κ1) is 27.6. The Hall–Kier alpha value is -3.96. The van der Waals surface area contributed by atoms with Crippen molar-refractivity contribution in [3.63, 3.8) is 0 Å². The average molecular weight is 550 g/mol. The Kier molecular flexibility index (Phi) is 7.77. The molecule has 5 aromatic rings. The third kappa shape index (κ3) is 5.95. The SMILES string of the molecule is CC(C)(C)Oc1cc(/C=C/c2ccccc2)c2cc(C(O)(c3ccc(Cl)cc3)c3ccc(CO)cc3)ccc2n1. The topological polar surface area (TPSA) is 62.6 Å². The number of fused-ring (bicyclic) bond motifs is 1. The summed E-state index contributed by atoms with van der Waals surface area (Å²) in [5.41, 5.74) is 3.66. The second kappa shape index (κ2) is 11.3. The predicted molar refractivity (Wildman–Crippen MR) is 163 cm³/mol. The minimum atomic E-state index is -1.48. The maximum Gasteiger partial charge on any atom is 0.214 e. The molecule has 0 bridgehead atoms. The van der Waals surface area contributed by atoms with Gasteiger partial charge in [-0.1, -0.05) is 96.5 Å². The molecule has 1 unspecified atom stereocenters. The lowest BCUT2D eigenvalue weighted by Crippen LogP contribution is -2.29. The van der Waals surface area contributed by atoms with Crippen LogP contribution in [0.4, 0.5) is 0 Å². The van der Waals surface area contributed by atoms with Gasteiger partial charge in [0.15, 0.2) is 0 Å². The van der Waals surface area contributed by atoms with Crippen LogP contribution >= 0.6 is 11.6 Å². The highest BCUT2D eigenvalue weighted by Crippen LogP contribution is 2.39. The van der Waals surface area contributed by atoms with Gasteiger partial charge in [0.2, 0.25) is 5.88 Å². The smallest absolute Gasteiger partial charge is 0.214 e. The molecule has 4 nitrogen and oxygen atoms in total. The number of hydrogen-bond acceptors (Lipinski definition) is 4. The number of pyridine rings is 1. The molecule has 0 amide bonds. The summed E-state index contributed by atoms with van der Waals surface area (Å²) in [4.78, 5) is 4.80. The van der Waals surface area contributed by atoms with Gasteiger partial charge in [-0.2, -0.15) is 0 Å². The van der Waals surface area contributed by atoms with Gasteiger partial charge in [-0.25, -0.2) is 4.98 Å². The Morgan fingerprint density at radius 1 is 0.775 bits per heavy atom. The van der Waals surface area contributed by atoms with E-state index in [1.807, 2.05) is 112 Å². The van der Waals surface area contributed by atoms with Crippen molar-refractivity contribution in [2.75, 3.05) is 0 Å². The summed E-state index contributed by atoms with van der Waals surface area (Å²) in [6.45, 7) is 5.92. The van der Waals surface area contributed by atoms with Gasteiger partial charge < -0.3 is 14.9 Å². The molecule has 0 saturated carbocycles. The third-order valence-electron chi connectivity index (χ3n) is 6.72. The monoisotopic (exact) mass is 549 g/mol. The van der Waals surface area contributed by atoms with Crippen molar-refractivity contribution >= 4 is 34.7 Å². The molecule has 40 heavy (non-hydrogen) atoms. The zero-order chi connectivity index (χ0) is 28.3. The maximum atomic E-state index is 12.5. The van der Waals surface area contributed by atoms with Crippen molar-refractivity contribution in [1.82, 2.24) is 4.98 Å². The number of rotatable bonds is 7. The number of benzene rings is 4. The van der Waals surface area contributed by atoms with Gasteiger partial charge in [0.05, 0.1) is 12.1 Å². The molecule has 5 rings (SSSR count). The molecule has 202 valence electrons. The van der Waals surface area contributed by atoms with Crippen molar-refractivity contribution in [1.29, 1.82) is 0 Å². The Morgan fingerprint density at radius 3 is 2.02 bits per heavy atom. The lowest BCUT2D eigenvalue weighted by atomic mass is 9.79. The molecule has 0 spiro atoms. The fourth-order valence-corrected chi connectivity index (χ4v) is 4.87. The summed E-state index contributed by atoms with van der Waals surface area (Å²) in [7, 11) is 0. The Morgan fingerprint density at radius 2 is 1.40 bits per heavy atom. The van der Waals surface area contributed by atoms with Crippen LogP contribution in [-0.4, -0.2) is 20.8 Å². The quantitative estimate of drug-likeness (QED) is 0.202. The lowest BCUT2D eigenvalue weighted by Gasteiger charge is -2.31. The van der Waals surface area contributed by atoms with E-state index >= 15 is 0 Å². The fourth-order valence-electron chi connectivity index (χ4n) is 4.75. The molecule has 1 heterocycles. The zero-order valence-corrected chi connectivity index (χ0v) is 23.6. The molecule has 4 aromatic carbocycles. The Labute approximate surface area is 240 Å². The van der Waals surface area contributed by atoms with Crippen LogP contribution < -0.4 is 4.74 Å². The number of hydrogen-bond donors (Lipinski definition) is 2. The number of halogens is 1. The Balaban J connectivity index is 1.71. The van der Waals surface area contributed by atoms with Crippen molar-refractivity contribution < 1.29 is 14.9 Å². The summed E-state index contributed by atoms with van der Waals surface area (Å²) >= 11 is 6.20. The molecule has 0 aliphatic heterocycles. The molecule has 0 saturated heterocycles. The second-order valence-corrected chi connectivity index (χ2v) is 11.2. The number of nitrogens with zero attached hydrogens (tertiary/aromatic N) is 1. The lowest BCUT2D eigenvalue weighted by molar-refractivity contribution is 0.124. The van der Waals surface area contributed by atoms with Gasteiger partial charge in [0.25, 0.3) is 0 Å². The van der Waals surface area contributed by atoms with Gasteiger partial charge >= 0.3 is 0 Å². The molecule has 1 aromatic heterocycles. The number of aliphatic hydroxyl groups excluding tert-OH is 1. The molecule has 0 aliphatic carbocycles. The van der Waals surface area contributed by atoms with Crippen LogP contribution in [0.2, 0.25) is 5.02 Å². The van der Waals surface area contributed by atoms with Crippen LogP contribution in [0, 0.1) is 0 Å². The van der Waals surface area contributed by atoms with Crippen LogP contribution in [0.25, 0.3) is 23.1 Å². The standard InChI is InChI=1S/C35H32ClNO3/c1-34(2,3)40-33-21-26(12-9-24-7-5-4-6-8-24)31-22-29(17-20-32(31)37-33)35(39,28-15-18-30(36)19-16-28)27-13-10-25(23-38)11-14-27/h4-22,38-39H,23H2,1-3H3/b12-9+. The van der Waals surface area contributed by atoms with Gasteiger partial charge in [0, 0.05) is 16.5 Å². The first-order valence-electron chi connectivity index (χ1n) is 13.2. The van der Waals surface area contributed by atoms with E-state index in [9.17, 15) is 10.2 Å². The molecular weight excluding hydrogens is 518 g/mol. The molecule has 0 radical (unpaired) electrons. The van der Waals surface area contributed by atoms with E-state index in [1.165, 1.54) is 0 Å². The summed E-state index contributed by atoms with van der Waals surface area (Å²) < 4.78 is 6.14. The summed E-state index contributed by atoms with van der Waals surface area (Å²) in [5.74, 6) is 0.535. The minimum absolute atomic E-state index is 0.0720. The summed E-state index contributed by atoms with van der Waals surface area (Å²) in [5, 5.41) is 23.5. The van der Waals surface area contributed by atoms with Crippen LogP contribution in [0.15, 0.2) is 103 Å². The van der Waals surface area contributed by atoms with E-state index in [4.69, 9.17) is 21.3 Å². The zero-order valence-electron chi connectivity index (χ0n) is 22.8. The van der Waals surface area contributed by atoms with Crippen molar-refractivity contribution in [2.45, 2.75) is 38.6 Å². The largest absolute Gasteiger partial charge is 0.472 e. The van der Waals surface area contributed by atoms with Crippen molar-refractivity contribution in [3.05, 3.63) is 142 Å². The van der Waals surface area contributed by atoms with Gasteiger partial charge in [-0.15, -0.1) is 0 Å². The van der Waals surface area contributed by atoms with E-state index < -0.39 is 11.2 Å². The van der Waals surface area contributed by atoms with E-state index in [2.05, 4.69) is 12.2 Å². The highest BCUT2D eigenvalue weighted by molar-refractivity contribution is 6.30. The van der Waals surface area contributed by atoms with E-state index in [1.54, 1.807) is 12.1 Å². The van der Waals surface area contributed by atoms with E-state index in [0.717, 1.165) is 27.6 Å². The molecular formula is C35H32ClNO3. The first-order chi connectivity index (χ1) is 19.2. The minimum Gasteiger partial charge on any atom is -0.472 e. The van der Waals surface area contributed by atoms with Gasteiger partial charge in [0.1, 0.15) is 11.2 Å². The van der Waals surface area contributed by atoms with Crippen LogP contribution in [-0.2, 0) is 12.2 Å². The fraction of sp³-hybridized carbons (Fsp3) is 0.171. The molecule has 0 aliphatic rings. The Bertz CT molecular complexity index is 1640. The molecule has 0 fully saturated rings.